The van der Waals surface area contributed by atoms with Gasteiger partial charge in [-0.1, -0.05) is 18.2 Å². The highest BCUT2D eigenvalue weighted by Crippen LogP contribution is 2.38. The average molecular weight is 307 g/mol. The minimum absolute atomic E-state index is 0.324. The van der Waals surface area contributed by atoms with E-state index in [4.69, 9.17) is 9.47 Å². The lowest BCUT2D eigenvalue weighted by atomic mass is 9.84. The molecule has 0 aromatic heterocycles. The molecule has 0 bridgehead atoms. The zero-order valence-corrected chi connectivity index (χ0v) is 13.8. The van der Waals surface area contributed by atoms with Crippen LogP contribution < -0.4 is 4.74 Å². The second-order valence-electron chi connectivity index (χ2n) is 6.70. The normalized spacial score (nSPS) is 18.0. The predicted octanol–water partition coefficient (Wildman–Crippen LogP) is 2.91. The first kappa shape index (κ1) is 16.6. The molecule has 5 heteroatoms. The Labute approximate surface area is 131 Å². The van der Waals surface area contributed by atoms with E-state index < -0.39 is 11.2 Å². The van der Waals surface area contributed by atoms with Crippen molar-refractivity contribution >= 4 is 6.09 Å². The summed E-state index contributed by atoms with van der Waals surface area (Å²) in [6, 6.07) is 7.48. The molecule has 1 aliphatic rings. The standard InChI is InChI=1S/C17H25NO4/c1-16(2,3)22-15(19)18-11-9-17(20,10-12-18)13-7-5-6-8-14(13)21-4/h5-8,20H,9-12H2,1-4H3. The summed E-state index contributed by atoms with van der Waals surface area (Å²) in [5, 5.41) is 10.9. The Morgan fingerprint density at radius 1 is 1.23 bits per heavy atom. The van der Waals surface area contributed by atoms with Crippen molar-refractivity contribution in [2.24, 2.45) is 0 Å². The number of rotatable bonds is 2. The van der Waals surface area contributed by atoms with Gasteiger partial charge >= 0.3 is 6.09 Å². The number of hydrogen-bond acceptors (Lipinski definition) is 4. The monoisotopic (exact) mass is 307 g/mol. The third-order valence-corrected chi connectivity index (χ3v) is 3.85. The highest BCUT2D eigenvalue weighted by Gasteiger charge is 2.38. The molecule has 0 unspecified atom stereocenters. The van der Waals surface area contributed by atoms with E-state index in [1.54, 1.807) is 12.0 Å². The van der Waals surface area contributed by atoms with Crippen LogP contribution in [-0.2, 0) is 10.3 Å². The molecule has 0 saturated carbocycles. The van der Waals surface area contributed by atoms with Gasteiger partial charge in [-0.3, -0.25) is 0 Å². The molecule has 1 aliphatic heterocycles. The fourth-order valence-electron chi connectivity index (χ4n) is 2.68. The van der Waals surface area contributed by atoms with Crippen LogP contribution in [0.5, 0.6) is 5.75 Å². The Hall–Kier alpha value is -1.75. The molecule has 1 heterocycles. The van der Waals surface area contributed by atoms with Crippen LogP contribution in [0.1, 0.15) is 39.2 Å². The molecule has 1 aromatic rings. The van der Waals surface area contributed by atoms with Crippen LogP contribution >= 0.6 is 0 Å². The van der Waals surface area contributed by atoms with Gasteiger partial charge in [0.15, 0.2) is 0 Å². The average Bonchev–Trinajstić information content (AvgIpc) is 2.46. The molecule has 1 saturated heterocycles. The summed E-state index contributed by atoms with van der Waals surface area (Å²) in [6.07, 6.45) is 0.605. The van der Waals surface area contributed by atoms with Gasteiger partial charge in [-0.05, 0) is 39.7 Å². The Bertz CT molecular complexity index is 528. The largest absolute Gasteiger partial charge is 0.496 e. The van der Waals surface area contributed by atoms with E-state index in [9.17, 15) is 9.90 Å². The van der Waals surface area contributed by atoms with Gasteiger partial charge in [0.2, 0.25) is 0 Å². The summed E-state index contributed by atoms with van der Waals surface area (Å²) >= 11 is 0. The predicted molar refractivity (Wildman–Crippen MR) is 83.9 cm³/mol. The van der Waals surface area contributed by atoms with Gasteiger partial charge in [0, 0.05) is 18.7 Å². The number of para-hydroxylation sites is 1. The Kier molecular flexibility index (Phi) is 4.66. The summed E-state index contributed by atoms with van der Waals surface area (Å²) < 4.78 is 10.7. The fraction of sp³-hybridized carbons (Fsp3) is 0.588. The second kappa shape index (κ2) is 6.16. The number of carbonyl (C=O) groups excluding carboxylic acids is 1. The zero-order valence-electron chi connectivity index (χ0n) is 13.8. The van der Waals surface area contributed by atoms with Crippen LogP contribution in [0.3, 0.4) is 0 Å². The Morgan fingerprint density at radius 3 is 2.36 bits per heavy atom. The highest BCUT2D eigenvalue weighted by atomic mass is 16.6. The minimum Gasteiger partial charge on any atom is -0.496 e. The molecule has 1 amide bonds. The van der Waals surface area contributed by atoms with Crippen molar-refractivity contribution in [2.75, 3.05) is 20.2 Å². The highest BCUT2D eigenvalue weighted by molar-refractivity contribution is 5.68. The number of nitrogens with zero attached hydrogens (tertiary/aromatic N) is 1. The molecule has 1 N–H and O–H groups in total. The number of piperidine rings is 1. The fourth-order valence-corrected chi connectivity index (χ4v) is 2.68. The molecule has 1 fully saturated rings. The van der Waals surface area contributed by atoms with Crippen molar-refractivity contribution < 1.29 is 19.4 Å². The van der Waals surface area contributed by atoms with Crippen LogP contribution in [0.15, 0.2) is 24.3 Å². The second-order valence-corrected chi connectivity index (χ2v) is 6.70. The van der Waals surface area contributed by atoms with Crippen molar-refractivity contribution in [3.8, 4) is 5.75 Å². The van der Waals surface area contributed by atoms with E-state index in [0.717, 1.165) is 5.56 Å². The van der Waals surface area contributed by atoms with E-state index >= 15 is 0 Å². The van der Waals surface area contributed by atoms with Crippen molar-refractivity contribution in [1.82, 2.24) is 4.90 Å². The van der Waals surface area contributed by atoms with Gasteiger partial charge < -0.3 is 19.5 Å². The third-order valence-electron chi connectivity index (χ3n) is 3.85. The number of aliphatic hydroxyl groups is 1. The third kappa shape index (κ3) is 3.71. The molecule has 0 aliphatic carbocycles. The van der Waals surface area contributed by atoms with E-state index in [2.05, 4.69) is 0 Å². The Balaban J connectivity index is 2.06. The maximum Gasteiger partial charge on any atom is 0.410 e. The number of ether oxygens (including phenoxy) is 2. The summed E-state index contributed by atoms with van der Waals surface area (Å²) in [4.78, 5) is 13.7. The van der Waals surface area contributed by atoms with Gasteiger partial charge in [0.1, 0.15) is 11.4 Å². The maximum absolute atomic E-state index is 12.1. The molecular weight excluding hydrogens is 282 g/mol. The van der Waals surface area contributed by atoms with Crippen LogP contribution in [0.25, 0.3) is 0 Å². The van der Waals surface area contributed by atoms with Crippen LogP contribution in [0.4, 0.5) is 4.79 Å². The van der Waals surface area contributed by atoms with Crippen LogP contribution in [0, 0.1) is 0 Å². The Morgan fingerprint density at radius 2 is 1.82 bits per heavy atom. The molecular formula is C17H25NO4. The quantitative estimate of drug-likeness (QED) is 0.912. The smallest absolute Gasteiger partial charge is 0.410 e. The molecule has 0 atom stereocenters. The number of methoxy groups -OCH3 is 1. The maximum atomic E-state index is 12.1. The minimum atomic E-state index is -0.967. The topological polar surface area (TPSA) is 59.0 Å². The van der Waals surface area contributed by atoms with E-state index in [1.165, 1.54) is 0 Å². The van der Waals surface area contributed by atoms with Gasteiger partial charge in [0.05, 0.1) is 12.7 Å². The van der Waals surface area contributed by atoms with Gasteiger partial charge in [-0.15, -0.1) is 0 Å². The first-order valence-corrected chi connectivity index (χ1v) is 7.59. The van der Waals surface area contributed by atoms with Gasteiger partial charge in [0.25, 0.3) is 0 Å². The first-order valence-electron chi connectivity index (χ1n) is 7.59. The summed E-state index contributed by atoms with van der Waals surface area (Å²) in [5.74, 6) is 0.677. The first-order chi connectivity index (χ1) is 10.2. The van der Waals surface area contributed by atoms with E-state index in [0.29, 0.717) is 31.7 Å². The zero-order chi connectivity index (χ0) is 16.4. The van der Waals surface area contributed by atoms with Crippen molar-refractivity contribution in [2.45, 2.75) is 44.8 Å². The van der Waals surface area contributed by atoms with Crippen molar-refractivity contribution in [3.05, 3.63) is 29.8 Å². The summed E-state index contributed by atoms with van der Waals surface area (Å²) in [6.45, 7) is 6.47. The number of likely N-dealkylation sites (tertiary alicyclic amines) is 1. The van der Waals surface area contributed by atoms with Crippen LogP contribution in [-0.4, -0.2) is 41.9 Å². The van der Waals surface area contributed by atoms with E-state index in [-0.39, 0.29) is 6.09 Å². The molecule has 0 radical (unpaired) electrons. The molecule has 5 nitrogen and oxygen atoms in total. The van der Waals surface area contributed by atoms with Crippen molar-refractivity contribution in [3.63, 3.8) is 0 Å². The molecule has 22 heavy (non-hydrogen) atoms. The van der Waals surface area contributed by atoms with Crippen molar-refractivity contribution in [1.29, 1.82) is 0 Å². The lowest BCUT2D eigenvalue weighted by Crippen LogP contribution is -2.46. The molecule has 2 rings (SSSR count). The van der Waals surface area contributed by atoms with E-state index in [1.807, 2.05) is 45.0 Å². The number of carbonyl (C=O) groups is 1. The molecule has 122 valence electrons. The lowest BCUT2D eigenvalue weighted by Gasteiger charge is -2.39. The summed E-state index contributed by atoms with van der Waals surface area (Å²) in [5.41, 5.74) is -0.695. The summed E-state index contributed by atoms with van der Waals surface area (Å²) in [7, 11) is 1.60. The van der Waals surface area contributed by atoms with Gasteiger partial charge in [-0.25, -0.2) is 4.79 Å². The molecule has 0 spiro atoms. The number of hydrogen-bond donors (Lipinski definition) is 1. The molecule has 1 aromatic carbocycles. The number of amides is 1. The lowest BCUT2D eigenvalue weighted by molar-refractivity contribution is -0.0366. The van der Waals surface area contributed by atoms with Crippen LogP contribution in [0.2, 0.25) is 0 Å². The number of benzene rings is 1. The SMILES string of the molecule is COc1ccccc1C1(O)CCN(C(=O)OC(C)(C)C)CC1. The van der Waals surface area contributed by atoms with Gasteiger partial charge in [-0.2, -0.15) is 0 Å².